The molecular weight excluding hydrogens is 208 g/mol. The summed E-state index contributed by atoms with van der Waals surface area (Å²) in [6.45, 7) is 2.24. The van der Waals surface area contributed by atoms with E-state index >= 15 is 0 Å². The van der Waals surface area contributed by atoms with Crippen molar-refractivity contribution in [3.8, 4) is 0 Å². The van der Waals surface area contributed by atoms with Crippen molar-refractivity contribution in [2.24, 2.45) is 13.0 Å². The molecule has 2 N–H and O–H groups in total. The smallest absolute Gasteiger partial charge is 0.251 e. The maximum absolute atomic E-state index is 11.6. The summed E-state index contributed by atoms with van der Waals surface area (Å²) in [6, 6.07) is 2.87. The lowest BCUT2D eigenvalue weighted by atomic mass is 10.2. The minimum Gasteiger partial charge on any atom is -0.396 e. The fourth-order valence-electron chi connectivity index (χ4n) is 1.12. The molecule has 0 aliphatic carbocycles. The molecule has 0 aliphatic rings. The molecule has 1 aromatic heterocycles. The van der Waals surface area contributed by atoms with Gasteiger partial charge in [0.1, 0.15) is 0 Å². The molecule has 16 heavy (non-hydrogen) atoms. The lowest BCUT2D eigenvalue weighted by Gasteiger charge is -2.09. The van der Waals surface area contributed by atoms with Crippen LogP contribution in [0.5, 0.6) is 0 Å². The number of aryl methyl sites for hydroxylation is 1. The van der Waals surface area contributed by atoms with Gasteiger partial charge in [-0.15, -0.1) is 0 Å². The van der Waals surface area contributed by atoms with Gasteiger partial charge in [-0.3, -0.25) is 9.59 Å². The van der Waals surface area contributed by atoms with Crippen LogP contribution in [0.15, 0.2) is 23.1 Å². The van der Waals surface area contributed by atoms with Crippen LogP contribution < -0.4 is 10.9 Å². The first-order chi connectivity index (χ1) is 7.54. The number of hydrogen-bond acceptors (Lipinski definition) is 3. The monoisotopic (exact) mass is 224 g/mol. The van der Waals surface area contributed by atoms with Gasteiger partial charge in [0.2, 0.25) is 0 Å². The Morgan fingerprint density at radius 2 is 2.31 bits per heavy atom. The fraction of sp³-hybridized carbons (Fsp3) is 0.455. The van der Waals surface area contributed by atoms with E-state index in [1.165, 1.54) is 10.6 Å². The van der Waals surface area contributed by atoms with E-state index in [9.17, 15) is 9.59 Å². The van der Waals surface area contributed by atoms with Crippen LogP contribution >= 0.6 is 0 Å². The second-order valence-corrected chi connectivity index (χ2v) is 3.86. The zero-order valence-electron chi connectivity index (χ0n) is 9.43. The minimum absolute atomic E-state index is 0.00972. The third-order valence-electron chi connectivity index (χ3n) is 2.29. The van der Waals surface area contributed by atoms with E-state index in [1.807, 2.05) is 6.92 Å². The fourth-order valence-corrected chi connectivity index (χ4v) is 1.12. The van der Waals surface area contributed by atoms with E-state index in [1.54, 1.807) is 19.3 Å². The molecule has 0 aromatic carbocycles. The molecule has 0 bridgehead atoms. The summed E-state index contributed by atoms with van der Waals surface area (Å²) in [5.41, 5.74) is 0.121. The molecule has 1 unspecified atom stereocenters. The zero-order valence-corrected chi connectivity index (χ0v) is 9.43. The van der Waals surface area contributed by atoms with Gasteiger partial charge in [0.25, 0.3) is 11.5 Å². The highest BCUT2D eigenvalue weighted by Crippen LogP contribution is 1.95. The average molecular weight is 224 g/mol. The third kappa shape index (κ3) is 3.20. The van der Waals surface area contributed by atoms with Crippen LogP contribution in [0.4, 0.5) is 0 Å². The number of aromatic nitrogens is 1. The molecule has 88 valence electrons. The number of carbonyl (C=O) groups excluding carboxylic acids is 1. The first kappa shape index (κ1) is 12.4. The normalized spacial score (nSPS) is 12.2. The highest BCUT2D eigenvalue weighted by atomic mass is 16.3. The number of nitrogens with zero attached hydrogens (tertiary/aromatic N) is 1. The van der Waals surface area contributed by atoms with E-state index in [4.69, 9.17) is 5.11 Å². The summed E-state index contributed by atoms with van der Waals surface area (Å²) in [5, 5.41) is 11.4. The van der Waals surface area contributed by atoms with E-state index in [0.29, 0.717) is 12.1 Å². The number of carbonyl (C=O) groups is 1. The molecular formula is C11H16N2O3. The van der Waals surface area contributed by atoms with Crippen molar-refractivity contribution >= 4 is 5.91 Å². The van der Waals surface area contributed by atoms with Crippen molar-refractivity contribution in [3.63, 3.8) is 0 Å². The first-order valence-corrected chi connectivity index (χ1v) is 5.10. The molecule has 0 spiro atoms. The summed E-state index contributed by atoms with van der Waals surface area (Å²) in [5.74, 6) is -0.284. The second kappa shape index (κ2) is 5.46. The Bertz CT molecular complexity index is 425. The molecule has 5 nitrogen and oxygen atoms in total. The molecule has 1 amide bonds. The van der Waals surface area contributed by atoms with Crippen molar-refractivity contribution in [2.45, 2.75) is 6.92 Å². The van der Waals surface area contributed by atoms with Gasteiger partial charge in [-0.2, -0.15) is 0 Å². The van der Waals surface area contributed by atoms with E-state index in [-0.39, 0.29) is 24.0 Å². The maximum atomic E-state index is 11.6. The number of aliphatic hydroxyl groups excluding tert-OH is 1. The van der Waals surface area contributed by atoms with Crippen LogP contribution in [0.1, 0.15) is 17.3 Å². The Kier molecular flexibility index (Phi) is 4.25. The Hall–Kier alpha value is -1.62. The van der Waals surface area contributed by atoms with Gasteiger partial charge >= 0.3 is 0 Å². The number of aliphatic hydroxyl groups is 1. The van der Waals surface area contributed by atoms with Crippen LogP contribution in [-0.2, 0) is 7.05 Å². The van der Waals surface area contributed by atoms with Crippen molar-refractivity contribution in [2.75, 3.05) is 13.2 Å². The number of hydrogen-bond donors (Lipinski definition) is 2. The summed E-state index contributed by atoms with van der Waals surface area (Å²) < 4.78 is 1.40. The Balaban J connectivity index is 2.67. The predicted octanol–water partition coefficient (Wildman–Crippen LogP) is -0.257. The predicted molar refractivity (Wildman–Crippen MR) is 60.3 cm³/mol. The maximum Gasteiger partial charge on any atom is 0.251 e. The molecule has 0 radical (unpaired) electrons. The molecule has 0 fully saturated rings. The largest absolute Gasteiger partial charge is 0.396 e. The van der Waals surface area contributed by atoms with Gasteiger partial charge < -0.3 is 15.0 Å². The quantitative estimate of drug-likeness (QED) is 0.740. The summed E-state index contributed by atoms with van der Waals surface area (Å²) in [6.07, 6.45) is 1.55. The van der Waals surface area contributed by atoms with Crippen molar-refractivity contribution < 1.29 is 9.90 Å². The first-order valence-electron chi connectivity index (χ1n) is 5.10. The van der Waals surface area contributed by atoms with E-state index in [2.05, 4.69) is 5.32 Å². The van der Waals surface area contributed by atoms with Crippen molar-refractivity contribution in [1.29, 1.82) is 0 Å². The molecule has 5 heteroatoms. The van der Waals surface area contributed by atoms with Gasteiger partial charge in [0, 0.05) is 38.0 Å². The second-order valence-electron chi connectivity index (χ2n) is 3.86. The highest BCUT2D eigenvalue weighted by Gasteiger charge is 2.07. The highest BCUT2D eigenvalue weighted by molar-refractivity contribution is 5.93. The van der Waals surface area contributed by atoms with Crippen LogP contribution in [0.25, 0.3) is 0 Å². The van der Waals surface area contributed by atoms with Crippen LogP contribution in [0.3, 0.4) is 0 Å². The number of nitrogens with one attached hydrogen (secondary N) is 1. The minimum atomic E-state index is -0.294. The molecule has 1 rings (SSSR count). The lowest BCUT2D eigenvalue weighted by Crippen LogP contribution is -2.30. The molecule has 0 saturated heterocycles. The molecule has 1 aromatic rings. The van der Waals surface area contributed by atoms with E-state index in [0.717, 1.165) is 0 Å². The van der Waals surface area contributed by atoms with Gasteiger partial charge in [0.15, 0.2) is 0 Å². The molecule has 1 atom stereocenters. The molecule has 0 saturated carbocycles. The Labute approximate surface area is 93.7 Å². The molecule has 1 heterocycles. The van der Waals surface area contributed by atoms with Crippen LogP contribution in [0, 0.1) is 5.92 Å². The molecule has 0 aliphatic heterocycles. The Morgan fingerprint density at radius 1 is 1.62 bits per heavy atom. The van der Waals surface area contributed by atoms with E-state index < -0.39 is 0 Å². The topological polar surface area (TPSA) is 71.3 Å². The number of rotatable bonds is 4. The van der Waals surface area contributed by atoms with Crippen molar-refractivity contribution in [3.05, 3.63) is 34.2 Å². The average Bonchev–Trinajstić information content (AvgIpc) is 2.29. The summed E-state index contributed by atoms with van der Waals surface area (Å²) in [4.78, 5) is 22.9. The van der Waals surface area contributed by atoms with Gasteiger partial charge in [-0.05, 0) is 12.0 Å². The van der Waals surface area contributed by atoms with Gasteiger partial charge in [-0.1, -0.05) is 6.92 Å². The summed E-state index contributed by atoms with van der Waals surface area (Å²) in [7, 11) is 1.62. The third-order valence-corrected chi connectivity index (χ3v) is 2.29. The Morgan fingerprint density at radius 3 is 2.88 bits per heavy atom. The van der Waals surface area contributed by atoms with Crippen molar-refractivity contribution in [1.82, 2.24) is 9.88 Å². The zero-order chi connectivity index (χ0) is 12.1. The van der Waals surface area contributed by atoms with Gasteiger partial charge in [-0.25, -0.2) is 0 Å². The van der Waals surface area contributed by atoms with Crippen LogP contribution in [0.2, 0.25) is 0 Å². The number of amides is 1. The number of pyridine rings is 1. The van der Waals surface area contributed by atoms with Crippen LogP contribution in [-0.4, -0.2) is 28.7 Å². The standard InChI is InChI=1S/C11H16N2O3/c1-8(7-14)6-12-11(16)9-3-4-13(2)10(15)5-9/h3-5,8,14H,6-7H2,1-2H3,(H,12,16). The summed E-state index contributed by atoms with van der Waals surface area (Å²) >= 11 is 0. The van der Waals surface area contributed by atoms with Gasteiger partial charge in [0.05, 0.1) is 0 Å². The lowest BCUT2D eigenvalue weighted by molar-refractivity contribution is 0.0942. The SMILES string of the molecule is CC(CO)CNC(=O)c1ccn(C)c(=O)c1.